The molecule has 0 radical (unpaired) electrons. The van der Waals surface area contributed by atoms with Crippen LogP contribution in [0.1, 0.15) is 10.4 Å². The molecule has 0 fully saturated rings. The van der Waals surface area contributed by atoms with Gasteiger partial charge in [0.15, 0.2) is 11.2 Å². The second-order valence-electron chi connectivity index (χ2n) is 3.78. The number of aliphatic imine (C=N–C) groups is 1. The van der Waals surface area contributed by atoms with E-state index < -0.39 is 12.0 Å². The number of carbonyl (C=O) groups is 2. The highest BCUT2D eigenvalue weighted by atomic mass is 32.2. The molecule has 0 aliphatic carbocycles. The first-order valence-electron chi connectivity index (χ1n) is 5.49. The Hall–Kier alpha value is -2.02. The van der Waals surface area contributed by atoms with Crippen LogP contribution in [-0.2, 0) is 4.79 Å². The van der Waals surface area contributed by atoms with Gasteiger partial charge in [0.05, 0.1) is 7.11 Å². The topological polar surface area (TPSA) is 88.0 Å². The molecule has 1 aliphatic heterocycles. The van der Waals surface area contributed by atoms with Crippen LogP contribution in [0.5, 0.6) is 5.75 Å². The lowest BCUT2D eigenvalue weighted by Gasteiger charge is -2.04. The highest BCUT2D eigenvalue weighted by molar-refractivity contribution is 8.14. The number of hydrogen-bond acceptors (Lipinski definition) is 5. The summed E-state index contributed by atoms with van der Waals surface area (Å²) in [6.07, 6.45) is 0. The van der Waals surface area contributed by atoms with Gasteiger partial charge in [-0.15, -0.1) is 0 Å². The molecular formula is C12H12N2O4S. The molecule has 1 heterocycles. The number of methoxy groups -OCH3 is 1. The van der Waals surface area contributed by atoms with Crippen molar-refractivity contribution < 1.29 is 19.4 Å². The predicted octanol–water partition coefficient (Wildman–Crippen LogP) is 0.981. The smallest absolute Gasteiger partial charge is 0.329 e. The van der Waals surface area contributed by atoms with Gasteiger partial charge in [-0.2, -0.15) is 0 Å². The number of amidine groups is 1. The summed E-state index contributed by atoms with van der Waals surface area (Å²) in [7, 11) is 1.55. The molecule has 19 heavy (non-hydrogen) atoms. The fourth-order valence-electron chi connectivity index (χ4n) is 1.48. The van der Waals surface area contributed by atoms with Crippen molar-refractivity contribution in [3.8, 4) is 5.75 Å². The molecule has 2 rings (SSSR count). The van der Waals surface area contributed by atoms with E-state index in [0.717, 1.165) is 0 Å². The lowest BCUT2D eigenvalue weighted by molar-refractivity contribution is -0.137. The van der Waals surface area contributed by atoms with E-state index in [1.807, 2.05) is 0 Å². The van der Waals surface area contributed by atoms with Crippen LogP contribution >= 0.6 is 11.8 Å². The number of carboxylic acid groups (broad SMARTS) is 1. The van der Waals surface area contributed by atoms with Crippen molar-refractivity contribution in [1.29, 1.82) is 0 Å². The maximum absolute atomic E-state index is 11.9. The number of carbonyl (C=O) groups excluding carboxylic acids is 1. The van der Waals surface area contributed by atoms with Crippen LogP contribution in [0.15, 0.2) is 29.3 Å². The van der Waals surface area contributed by atoms with Gasteiger partial charge in [-0.3, -0.25) is 4.79 Å². The Labute approximate surface area is 113 Å². The fraction of sp³-hybridized carbons (Fsp3) is 0.250. The van der Waals surface area contributed by atoms with Crippen molar-refractivity contribution in [3.63, 3.8) is 0 Å². The van der Waals surface area contributed by atoms with E-state index >= 15 is 0 Å². The monoisotopic (exact) mass is 280 g/mol. The van der Waals surface area contributed by atoms with Crippen LogP contribution in [0.3, 0.4) is 0 Å². The number of hydrogen-bond donors (Lipinski definition) is 2. The summed E-state index contributed by atoms with van der Waals surface area (Å²) in [6, 6.07) is 5.83. The van der Waals surface area contributed by atoms with E-state index in [2.05, 4.69) is 10.3 Å². The molecule has 0 saturated heterocycles. The third-order valence-corrected chi connectivity index (χ3v) is 3.47. The molecule has 0 saturated carbocycles. The molecule has 0 spiro atoms. The van der Waals surface area contributed by atoms with Crippen LogP contribution in [-0.4, -0.2) is 41.1 Å². The van der Waals surface area contributed by atoms with Crippen molar-refractivity contribution in [2.24, 2.45) is 4.99 Å². The summed E-state index contributed by atoms with van der Waals surface area (Å²) in [6.45, 7) is 0. The molecular weight excluding hydrogens is 268 g/mol. The summed E-state index contributed by atoms with van der Waals surface area (Å²) in [5.74, 6) is -0.302. The zero-order chi connectivity index (χ0) is 13.8. The van der Waals surface area contributed by atoms with Crippen LogP contribution in [0.2, 0.25) is 0 Å². The number of ether oxygens (including phenoxy) is 1. The highest BCUT2D eigenvalue weighted by Crippen LogP contribution is 2.17. The number of nitrogens with zero attached hydrogens (tertiary/aromatic N) is 1. The van der Waals surface area contributed by atoms with Crippen molar-refractivity contribution in [3.05, 3.63) is 29.8 Å². The minimum atomic E-state index is -0.985. The van der Waals surface area contributed by atoms with E-state index in [0.29, 0.717) is 22.2 Å². The molecule has 0 bridgehead atoms. The molecule has 7 heteroatoms. The lowest BCUT2D eigenvalue weighted by Crippen LogP contribution is -2.27. The molecule has 1 aliphatic rings. The van der Waals surface area contributed by atoms with E-state index in [9.17, 15) is 9.59 Å². The van der Waals surface area contributed by atoms with E-state index in [4.69, 9.17) is 9.84 Å². The Morgan fingerprint density at radius 3 is 2.63 bits per heavy atom. The highest BCUT2D eigenvalue weighted by Gasteiger charge is 2.25. The van der Waals surface area contributed by atoms with Crippen molar-refractivity contribution in [2.45, 2.75) is 6.04 Å². The Kier molecular flexibility index (Phi) is 4.06. The van der Waals surface area contributed by atoms with Gasteiger partial charge in [-0.05, 0) is 24.3 Å². The van der Waals surface area contributed by atoms with Gasteiger partial charge in [0.1, 0.15) is 5.75 Å². The minimum Gasteiger partial charge on any atom is -0.497 e. The first-order valence-corrected chi connectivity index (χ1v) is 6.47. The van der Waals surface area contributed by atoms with Gasteiger partial charge in [-0.25, -0.2) is 9.79 Å². The predicted molar refractivity (Wildman–Crippen MR) is 71.8 cm³/mol. The first-order chi connectivity index (χ1) is 9.10. The van der Waals surface area contributed by atoms with Gasteiger partial charge in [0.25, 0.3) is 5.91 Å². The maximum Gasteiger partial charge on any atom is 0.329 e. The Balaban J connectivity index is 2.01. The average molecular weight is 280 g/mol. The summed E-state index contributed by atoms with van der Waals surface area (Å²) in [5, 5.41) is 11.7. The Morgan fingerprint density at radius 2 is 2.11 bits per heavy atom. The molecule has 100 valence electrons. The number of amides is 1. The zero-order valence-electron chi connectivity index (χ0n) is 10.1. The summed E-state index contributed by atoms with van der Waals surface area (Å²) in [5.41, 5.74) is 0.461. The molecule has 0 aromatic heterocycles. The van der Waals surface area contributed by atoms with E-state index in [1.165, 1.54) is 11.8 Å². The van der Waals surface area contributed by atoms with E-state index in [-0.39, 0.29) is 5.91 Å². The molecule has 2 N–H and O–H groups in total. The maximum atomic E-state index is 11.9. The van der Waals surface area contributed by atoms with Crippen molar-refractivity contribution in [2.75, 3.05) is 12.9 Å². The van der Waals surface area contributed by atoms with Crippen LogP contribution < -0.4 is 10.1 Å². The Morgan fingerprint density at radius 1 is 1.42 bits per heavy atom. The number of benzene rings is 1. The van der Waals surface area contributed by atoms with Crippen LogP contribution in [0.4, 0.5) is 0 Å². The van der Waals surface area contributed by atoms with Gasteiger partial charge in [-0.1, -0.05) is 11.8 Å². The summed E-state index contributed by atoms with van der Waals surface area (Å²) < 4.78 is 5.00. The van der Waals surface area contributed by atoms with Crippen LogP contribution in [0.25, 0.3) is 0 Å². The summed E-state index contributed by atoms with van der Waals surface area (Å²) >= 11 is 1.22. The molecule has 1 amide bonds. The second-order valence-corrected chi connectivity index (χ2v) is 4.79. The number of nitrogens with one attached hydrogen (secondary N) is 1. The normalized spacial score (nSPS) is 17.7. The number of thioether (sulfide) groups is 1. The van der Waals surface area contributed by atoms with Crippen molar-refractivity contribution >= 4 is 28.8 Å². The number of carboxylic acids is 1. The van der Waals surface area contributed by atoms with Crippen LogP contribution in [0, 0.1) is 0 Å². The molecule has 1 atom stereocenters. The molecule has 1 unspecified atom stereocenters. The van der Waals surface area contributed by atoms with Crippen molar-refractivity contribution in [1.82, 2.24) is 5.32 Å². The third-order valence-electron chi connectivity index (χ3n) is 2.51. The molecule has 6 nitrogen and oxygen atoms in total. The third kappa shape index (κ3) is 3.25. The quantitative estimate of drug-likeness (QED) is 0.861. The molecule has 1 aromatic rings. The minimum absolute atomic E-state index is 0.319. The molecule has 1 aromatic carbocycles. The van der Waals surface area contributed by atoms with E-state index in [1.54, 1.807) is 31.4 Å². The lowest BCUT2D eigenvalue weighted by atomic mass is 10.2. The number of aliphatic carboxylic acids is 1. The Bertz CT molecular complexity index is 527. The fourth-order valence-corrected chi connectivity index (χ4v) is 2.38. The summed E-state index contributed by atoms with van der Waals surface area (Å²) in [4.78, 5) is 26.5. The standard InChI is InChI=1S/C12H12N2O4S/c1-18-8-4-2-7(3-5-8)10(15)14-12-13-9(6-19-12)11(16)17/h2-5,9H,6H2,1H3,(H,16,17)(H,13,14,15). The largest absolute Gasteiger partial charge is 0.497 e. The van der Waals surface area contributed by atoms with Gasteiger partial charge < -0.3 is 15.2 Å². The zero-order valence-corrected chi connectivity index (χ0v) is 10.9. The van der Waals surface area contributed by atoms with Gasteiger partial charge in [0, 0.05) is 11.3 Å². The second kappa shape index (κ2) is 5.75. The van der Waals surface area contributed by atoms with Gasteiger partial charge >= 0.3 is 5.97 Å². The first kappa shape index (κ1) is 13.4. The number of rotatable bonds is 3. The SMILES string of the molecule is COc1ccc(C(=O)NC2=NC(C(=O)O)CS2)cc1. The average Bonchev–Trinajstić information content (AvgIpc) is 2.87. The van der Waals surface area contributed by atoms with Gasteiger partial charge in [0.2, 0.25) is 0 Å².